The van der Waals surface area contributed by atoms with Crippen molar-refractivity contribution in [3.63, 3.8) is 0 Å². The molecule has 0 aliphatic carbocycles. The van der Waals surface area contributed by atoms with Crippen LogP contribution in [0.5, 0.6) is 0 Å². The van der Waals surface area contributed by atoms with Crippen LogP contribution in [0, 0.1) is 11.7 Å². The van der Waals surface area contributed by atoms with Gasteiger partial charge in [0.15, 0.2) is 0 Å². The molecule has 1 unspecified atom stereocenters. The van der Waals surface area contributed by atoms with E-state index in [4.69, 9.17) is 4.42 Å². The van der Waals surface area contributed by atoms with Crippen molar-refractivity contribution in [3.05, 3.63) is 59.8 Å². The van der Waals surface area contributed by atoms with Crippen LogP contribution in [0.15, 0.2) is 47.1 Å². The maximum absolute atomic E-state index is 12.9. The molecule has 126 valence electrons. The second kappa shape index (κ2) is 6.86. The van der Waals surface area contributed by atoms with Crippen LogP contribution in [0.1, 0.15) is 17.7 Å². The minimum absolute atomic E-state index is 0.0417. The zero-order valence-electron chi connectivity index (χ0n) is 13.4. The molecule has 24 heavy (non-hydrogen) atoms. The van der Waals surface area contributed by atoms with Gasteiger partial charge in [-0.3, -0.25) is 9.59 Å². The molecule has 0 N–H and O–H groups in total. The van der Waals surface area contributed by atoms with E-state index in [0.29, 0.717) is 25.4 Å². The molecule has 0 bridgehead atoms. The SMILES string of the molecule is CN(Cc1ccc(F)cc1)C(=O)C1CC(=O)N(Cc2ccco2)C1. The van der Waals surface area contributed by atoms with Crippen molar-refractivity contribution in [2.75, 3.05) is 13.6 Å². The number of hydrogen-bond acceptors (Lipinski definition) is 3. The fraction of sp³-hybridized carbons (Fsp3) is 0.333. The number of benzene rings is 1. The van der Waals surface area contributed by atoms with E-state index in [2.05, 4.69) is 0 Å². The molecule has 6 heteroatoms. The molecule has 2 aromatic rings. The smallest absolute Gasteiger partial charge is 0.228 e. The average molecular weight is 330 g/mol. The van der Waals surface area contributed by atoms with E-state index in [1.807, 2.05) is 6.07 Å². The number of carbonyl (C=O) groups excluding carboxylic acids is 2. The van der Waals surface area contributed by atoms with Gasteiger partial charge in [-0.2, -0.15) is 0 Å². The first-order valence-corrected chi connectivity index (χ1v) is 7.82. The summed E-state index contributed by atoms with van der Waals surface area (Å²) >= 11 is 0. The molecule has 0 saturated carbocycles. The average Bonchev–Trinajstić information content (AvgIpc) is 3.20. The largest absolute Gasteiger partial charge is 0.467 e. The van der Waals surface area contributed by atoms with Crippen LogP contribution in [0.25, 0.3) is 0 Å². The van der Waals surface area contributed by atoms with Gasteiger partial charge in [0.2, 0.25) is 11.8 Å². The third-order valence-electron chi connectivity index (χ3n) is 4.20. The topological polar surface area (TPSA) is 53.8 Å². The van der Waals surface area contributed by atoms with E-state index in [1.54, 1.807) is 41.3 Å². The molecule has 5 nitrogen and oxygen atoms in total. The lowest BCUT2D eigenvalue weighted by Crippen LogP contribution is -2.34. The molecular formula is C18H19FN2O3. The van der Waals surface area contributed by atoms with Gasteiger partial charge in [-0.15, -0.1) is 0 Å². The molecule has 3 rings (SSSR count). The summed E-state index contributed by atoms with van der Waals surface area (Å²) in [4.78, 5) is 27.9. The summed E-state index contributed by atoms with van der Waals surface area (Å²) < 4.78 is 18.2. The Bertz CT molecular complexity index is 712. The molecule has 1 fully saturated rings. The van der Waals surface area contributed by atoms with Gasteiger partial charge in [0, 0.05) is 26.6 Å². The lowest BCUT2D eigenvalue weighted by atomic mass is 10.1. The molecule has 2 heterocycles. The van der Waals surface area contributed by atoms with Crippen LogP contribution in [0.2, 0.25) is 0 Å². The monoisotopic (exact) mass is 330 g/mol. The predicted molar refractivity (Wildman–Crippen MR) is 85.1 cm³/mol. The van der Waals surface area contributed by atoms with Crippen molar-refractivity contribution in [1.82, 2.24) is 9.80 Å². The Kier molecular flexibility index (Phi) is 4.64. The van der Waals surface area contributed by atoms with Gasteiger partial charge >= 0.3 is 0 Å². The number of hydrogen-bond donors (Lipinski definition) is 0. The van der Waals surface area contributed by atoms with Gasteiger partial charge in [-0.05, 0) is 29.8 Å². The number of amides is 2. The van der Waals surface area contributed by atoms with E-state index in [1.165, 1.54) is 12.1 Å². The normalized spacial score (nSPS) is 17.3. The first-order chi connectivity index (χ1) is 11.5. The highest BCUT2D eigenvalue weighted by atomic mass is 19.1. The number of halogens is 1. The van der Waals surface area contributed by atoms with Crippen molar-refractivity contribution in [3.8, 4) is 0 Å². The van der Waals surface area contributed by atoms with Crippen molar-refractivity contribution >= 4 is 11.8 Å². The Hall–Kier alpha value is -2.63. The number of furan rings is 1. The molecule has 1 saturated heterocycles. The van der Waals surface area contributed by atoms with Crippen molar-refractivity contribution in [2.45, 2.75) is 19.5 Å². The van der Waals surface area contributed by atoms with Crippen LogP contribution < -0.4 is 0 Å². The Morgan fingerprint density at radius 1 is 1.33 bits per heavy atom. The van der Waals surface area contributed by atoms with Crippen LogP contribution in [-0.2, 0) is 22.7 Å². The Labute approximate surface area is 139 Å². The van der Waals surface area contributed by atoms with Crippen molar-refractivity contribution < 1.29 is 18.4 Å². The van der Waals surface area contributed by atoms with E-state index in [9.17, 15) is 14.0 Å². The minimum Gasteiger partial charge on any atom is -0.467 e. The summed E-state index contributed by atoms with van der Waals surface area (Å²) in [6.45, 7) is 1.17. The first kappa shape index (κ1) is 16.2. The van der Waals surface area contributed by atoms with E-state index < -0.39 is 0 Å². The van der Waals surface area contributed by atoms with E-state index in [-0.39, 0.29) is 30.0 Å². The second-order valence-electron chi connectivity index (χ2n) is 6.08. The predicted octanol–water partition coefficient (Wildman–Crippen LogP) is 2.43. The number of carbonyl (C=O) groups is 2. The van der Waals surface area contributed by atoms with Crippen LogP contribution in [0.3, 0.4) is 0 Å². The lowest BCUT2D eigenvalue weighted by Gasteiger charge is -2.21. The third-order valence-corrected chi connectivity index (χ3v) is 4.20. The highest BCUT2D eigenvalue weighted by Crippen LogP contribution is 2.22. The molecule has 1 aliphatic heterocycles. The molecule has 2 amide bonds. The summed E-state index contributed by atoms with van der Waals surface area (Å²) in [5.41, 5.74) is 0.851. The van der Waals surface area contributed by atoms with Crippen molar-refractivity contribution in [1.29, 1.82) is 0 Å². The second-order valence-corrected chi connectivity index (χ2v) is 6.08. The Balaban J connectivity index is 1.58. The summed E-state index contributed by atoms with van der Waals surface area (Å²) in [6.07, 6.45) is 1.78. The highest BCUT2D eigenvalue weighted by Gasteiger charge is 2.35. The summed E-state index contributed by atoms with van der Waals surface area (Å²) in [6, 6.07) is 9.64. The summed E-state index contributed by atoms with van der Waals surface area (Å²) in [5, 5.41) is 0. The summed E-state index contributed by atoms with van der Waals surface area (Å²) in [7, 11) is 1.70. The zero-order valence-corrected chi connectivity index (χ0v) is 13.4. The lowest BCUT2D eigenvalue weighted by molar-refractivity contribution is -0.135. The zero-order chi connectivity index (χ0) is 17.1. The highest BCUT2D eigenvalue weighted by molar-refractivity contribution is 5.89. The third kappa shape index (κ3) is 3.64. The van der Waals surface area contributed by atoms with E-state index >= 15 is 0 Å². The van der Waals surface area contributed by atoms with Gasteiger partial charge in [-0.1, -0.05) is 12.1 Å². The van der Waals surface area contributed by atoms with Crippen LogP contribution >= 0.6 is 0 Å². The molecule has 1 aromatic heterocycles. The molecule has 0 radical (unpaired) electrons. The van der Waals surface area contributed by atoms with Gasteiger partial charge in [0.1, 0.15) is 11.6 Å². The van der Waals surface area contributed by atoms with Crippen molar-refractivity contribution in [2.24, 2.45) is 5.92 Å². The molecule has 1 atom stereocenters. The van der Waals surface area contributed by atoms with Gasteiger partial charge < -0.3 is 14.2 Å². The maximum atomic E-state index is 12.9. The van der Waals surface area contributed by atoms with E-state index in [0.717, 1.165) is 5.56 Å². The molecule has 1 aliphatic rings. The minimum atomic E-state index is -0.349. The van der Waals surface area contributed by atoms with Crippen LogP contribution in [-0.4, -0.2) is 35.2 Å². The van der Waals surface area contributed by atoms with Gasteiger partial charge in [0.05, 0.1) is 18.7 Å². The first-order valence-electron chi connectivity index (χ1n) is 7.82. The molecule has 1 aromatic carbocycles. The Morgan fingerprint density at radius 3 is 2.75 bits per heavy atom. The standard InChI is InChI=1S/C18H19FN2O3/c1-20(10-13-4-6-15(19)7-5-13)18(23)14-9-17(22)21(11-14)12-16-3-2-8-24-16/h2-8,14H,9-12H2,1H3. The summed E-state index contributed by atoms with van der Waals surface area (Å²) in [5.74, 6) is -0.0636. The molecule has 0 spiro atoms. The fourth-order valence-electron chi connectivity index (χ4n) is 2.93. The number of likely N-dealkylation sites (tertiary alicyclic amines) is 1. The Morgan fingerprint density at radius 2 is 2.08 bits per heavy atom. The molecular weight excluding hydrogens is 311 g/mol. The fourth-order valence-corrected chi connectivity index (χ4v) is 2.93. The number of nitrogens with zero attached hydrogens (tertiary/aromatic N) is 2. The van der Waals surface area contributed by atoms with Gasteiger partial charge in [0.25, 0.3) is 0 Å². The number of rotatable bonds is 5. The van der Waals surface area contributed by atoms with Crippen LogP contribution in [0.4, 0.5) is 4.39 Å². The van der Waals surface area contributed by atoms with Gasteiger partial charge in [-0.25, -0.2) is 4.39 Å². The maximum Gasteiger partial charge on any atom is 0.228 e. The quantitative estimate of drug-likeness (QED) is 0.846.